The minimum absolute atomic E-state index is 0.0370. The van der Waals surface area contributed by atoms with E-state index in [1.165, 1.54) is 7.11 Å². The maximum absolute atomic E-state index is 11.2. The third-order valence-electron chi connectivity index (χ3n) is 2.40. The molecule has 5 nitrogen and oxygen atoms in total. The van der Waals surface area contributed by atoms with E-state index in [0.29, 0.717) is 17.4 Å². The van der Waals surface area contributed by atoms with Gasteiger partial charge in [-0.25, -0.2) is 0 Å². The summed E-state index contributed by atoms with van der Waals surface area (Å²) in [7, 11) is 1.54. The van der Waals surface area contributed by atoms with Crippen LogP contribution in [0.3, 0.4) is 0 Å². The van der Waals surface area contributed by atoms with Gasteiger partial charge in [0.2, 0.25) is 0 Å². The molecule has 2 N–H and O–H groups in total. The number of carbonyl (C=O) groups is 1. The summed E-state index contributed by atoms with van der Waals surface area (Å²) in [5.41, 5.74) is 0.744. The smallest absolute Gasteiger partial charge is 0.308 e. The van der Waals surface area contributed by atoms with Gasteiger partial charge in [-0.3, -0.25) is 4.79 Å². The Balaban J connectivity index is 2.43. The topological polar surface area (TPSA) is 67.8 Å². The van der Waals surface area contributed by atoms with Crippen molar-refractivity contribution in [3.05, 3.63) is 23.2 Å². The van der Waals surface area contributed by atoms with Gasteiger partial charge in [0.25, 0.3) is 0 Å². The summed E-state index contributed by atoms with van der Waals surface area (Å²) in [5.74, 6) is 0.170. The summed E-state index contributed by atoms with van der Waals surface area (Å²) in [5, 5.41) is 13.1. The number of anilines is 1. The lowest BCUT2D eigenvalue weighted by atomic mass is 10.2. The quantitative estimate of drug-likeness (QED) is 0.752. The SMILES string of the molecule is CCOC(=O)CC(O)CNc1ccc(OC)c(Cl)c1. The van der Waals surface area contributed by atoms with Crippen LogP contribution < -0.4 is 10.1 Å². The molecule has 0 aliphatic carbocycles. The van der Waals surface area contributed by atoms with E-state index in [1.807, 2.05) is 0 Å². The van der Waals surface area contributed by atoms with Gasteiger partial charge in [0.05, 0.1) is 31.3 Å². The van der Waals surface area contributed by atoms with Gasteiger partial charge in [-0.1, -0.05) is 11.6 Å². The number of ether oxygens (including phenoxy) is 2. The van der Waals surface area contributed by atoms with Crippen molar-refractivity contribution in [3.63, 3.8) is 0 Å². The third kappa shape index (κ3) is 5.36. The summed E-state index contributed by atoms with van der Waals surface area (Å²) in [6, 6.07) is 5.20. The molecule has 0 aromatic heterocycles. The zero-order chi connectivity index (χ0) is 14.3. The maximum Gasteiger partial charge on any atom is 0.308 e. The Labute approximate surface area is 117 Å². The zero-order valence-corrected chi connectivity index (χ0v) is 11.7. The number of benzene rings is 1. The predicted octanol–water partition coefficient (Wildman–Crippen LogP) is 2.07. The first kappa shape index (κ1) is 15.6. The number of hydrogen-bond acceptors (Lipinski definition) is 5. The molecule has 1 aromatic rings. The Morgan fingerprint density at radius 3 is 2.84 bits per heavy atom. The zero-order valence-electron chi connectivity index (χ0n) is 11.0. The van der Waals surface area contributed by atoms with Crippen LogP contribution in [0.2, 0.25) is 5.02 Å². The van der Waals surface area contributed by atoms with Crippen molar-refractivity contribution in [3.8, 4) is 5.75 Å². The van der Waals surface area contributed by atoms with E-state index >= 15 is 0 Å². The van der Waals surface area contributed by atoms with Crippen LogP contribution in [0.5, 0.6) is 5.75 Å². The molecule has 0 aliphatic rings. The number of esters is 1. The first-order chi connectivity index (χ1) is 9.06. The number of nitrogens with one attached hydrogen (secondary N) is 1. The van der Waals surface area contributed by atoms with Gasteiger partial charge in [0.15, 0.2) is 0 Å². The molecule has 6 heteroatoms. The van der Waals surface area contributed by atoms with Crippen molar-refractivity contribution in [2.24, 2.45) is 0 Å². The Morgan fingerprint density at radius 1 is 1.53 bits per heavy atom. The van der Waals surface area contributed by atoms with Crippen molar-refractivity contribution in [1.29, 1.82) is 0 Å². The number of halogens is 1. The number of aliphatic hydroxyl groups excluding tert-OH is 1. The van der Waals surface area contributed by atoms with Gasteiger partial charge in [-0.2, -0.15) is 0 Å². The maximum atomic E-state index is 11.2. The standard InChI is InChI=1S/C13H18ClNO4/c1-3-19-13(17)7-10(16)8-15-9-4-5-12(18-2)11(14)6-9/h4-6,10,15-16H,3,7-8H2,1-2H3. The molecule has 0 radical (unpaired) electrons. The molecule has 0 amide bonds. The van der Waals surface area contributed by atoms with Crippen LogP contribution in [0, 0.1) is 0 Å². The first-order valence-electron chi connectivity index (χ1n) is 5.98. The molecule has 0 heterocycles. The molecule has 0 bridgehead atoms. The van der Waals surface area contributed by atoms with Crippen molar-refractivity contribution in [1.82, 2.24) is 0 Å². The van der Waals surface area contributed by atoms with Crippen molar-refractivity contribution in [2.75, 3.05) is 25.6 Å². The van der Waals surface area contributed by atoms with E-state index in [9.17, 15) is 9.90 Å². The lowest BCUT2D eigenvalue weighted by molar-refractivity contribution is -0.145. The fourth-order valence-electron chi connectivity index (χ4n) is 1.50. The number of carbonyl (C=O) groups excluding carboxylic acids is 1. The van der Waals surface area contributed by atoms with Gasteiger partial charge in [0.1, 0.15) is 5.75 Å². The average Bonchev–Trinajstić information content (AvgIpc) is 2.36. The molecular formula is C13H18ClNO4. The minimum atomic E-state index is -0.806. The highest BCUT2D eigenvalue weighted by atomic mass is 35.5. The Kier molecular flexibility index (Phi) is 6.45. The Hall–Kier alpha value is -1.46. The molecule has 0 saturated heterocycles. The average molecular weight is 288 g/mol. The van der Waals surface area contributed by atoms with Crippen LogP contribution in [0.15, 0.2) is 18.2 Å². The lowest BCUT2D eigenvalue weighted by Gasteiger charge is -2.13. The van der Waals surface area contributed by atoms with E-state index < -0.39 is 12.1 Å². The van der Waals surface area contributed by atoms with E-state index in [4.69, 9.17) is 21.1 Å². The summed E-state index contributed by atoms with van der Waals surface area (Å²) < 4.78 is 9.78. The van der Waals surface area contributed by atoms with Crippen LogP contribution in [0.4, 0.5) is 5.69 Å². The highest BCUT2D eigenvalue weighted by Gasteiger charge is 2.11. The number of methoxy groups -OCH3 is 1. The lowest BCUT2D eigenvalue weighted by Crippen LogP contribution is -2.23. The van der Waals surface area contributed by atoms with Crippen molar-refractivity contribution in [2.45, 2.75) is 19.4 Å². The largest absolute Gasteiger partial charge is 0.495 e. The molecule has 1 rings (SSSR count). The second kappa shape index (κ2) is 7.86. The van der Waals surface area contributed by atoms with E-state index in [0.717, 1.165) is 5.69 Å². The van der Waals surface area contributed by atoms with Crippen LogP contribution >= 0.6 is 11.6 Å². The van der Waals surface area contributed by atoms with Gasteiger partial charge in [-0.15, -0.1) is 0 Å². The van der Waals surface area contributed by atoms with Crippen LogP contribution in [0.1, 0.15) is 13.3 Å². The van der Waals surface area contributed by atoms with E-state index in [2.05, 4.69) is 5.32 Å². The molecule has 0 fully saturated rings. The number of rotatable bonds is 7. The van der Waals surface area contributed by atoms with Crippen LogP contribution in [0.25, 0.3) is 0 Å². The Bertz CT molecular complexity index is 425. The fourth-order valence-corrected chi connectivity index (χ4v) is 1.75. The van der Waals surface area contributed by atoms with Crippen molar-refractivity contribution >= 4 is 23.3 Å². The first-order valence-corrected chi connectivity index (χ1v) is 6.35. The molecule has 1 aromatic carbocycles. The molecule has 19 heavy (non-hydrogen) atoms. The fraction of sp³-hybridized carbons (Fsp3) is 0.462. The molecule has 106 valence electrons. The molecular weight excluding hydrogens is 270 g/mol. The second-order valence-electron chi connectivity index (χ2n) is 3.89. The minimum Gasteiger partial charge on any atom is -0.495 e. The van der Waals surface area contributed by atoms with Gasteiger partial charge in [-0.05, 0) is 25.1 Å². The second-order valence-corrected chi connectivity index (χ2v) is 4.30. The number of hydrogen-bond donors (Lipinski definition) is 2. The van der Waals surface area contributed by atoms with Crippen LogP contribution in [-0.4, -0.2) is 37.4 Å². The predicted molar refractivity (Wildman–Crippen MR) is 73.8 cm³/mol. The number of aliphatic hydroxyl groups is 1. The molecule has 1 unspecified atom stereocenters. The summed E-state index contributed by atoms with van der Waals surface area (Å²) in [6.45, 7) is 2.27. The molecule has 0 spiro atoms. The van der Waals surface area contributed by atoms with Crippen LogP contribution in [-0.2, 0) is 9.53 Å². The molecule has 0 saturated carbocycles. The van der Waals surface area contributed by atoms with Gasteiger partial charge < -0.3 is 19.9 Å². The summed E-state index contributed by atoms with van der Waals surface area (Å²) in [4.78, 5) is 11.2. The van der Waals surface area contributed by atoms with E-state index in [1.54, 1.807) is 25.1 Å². The Morgan fingerprint density at radius 2 is 2.26 bits per heavy atom. The third-order valence-corrected chi connectivity index (χ3v) is 2.70. The monoisotopic (exact) mass is 287 g/mol. The summed E-state index contributed by atoms with van der Waals surface area (Å²) >= 11 is 5.97. The van der Waals surface area contributed by atoms with Gasteiger partial charge >= 0.3 is 5.97 Å². The molecule has 1 atom stereocenters. The normalized spacial score (nSPS) is 11.8. The highest BCUT2D eigenvalue weighted by Crippen LogP contribution is 2.27. The van der Waals surface area contributed by atoms with E-state index in [-0.39, 0.29) is 13.0 Å². The van der Waals surface area contributed by atoms with Crippen molar-refractivity contribution < 1.29 is 19.4 Å². The summed E-state index contributed by atoms with van der Waals surface area (Å²) in [6.07, 6.45) is -0.843. The van der Waals surface area contributed by atoms with Gasteiger partial charge in [0, 0.05) is 12.2 Å². The molecule has 0 aliphatic heterocycles. The highest BCUT2D eigenvalue weighted by molar-refractivity contribution is 6.32.